The van der Waals surface area contributed by atoms with E-state index in [1.54, 1.807) is 38.1 Å². The zero-order valence-corrected chi connectivity index (χ0v) is 15.2. The fourth-order valence-corrected chi connectivity index (χ4v) is 2.97. The van der Waals surface area contributed by atoms with Gasteiger partial charge in [0.15, 0.2) is 6.61 Å². The van der Waals surface area contributed by atoms with Crippen LogP contribution in [0.4, 0.5) is 17.1 Å². The van der Waals surface area contributed by atoms with E-state index in [0.29, 0.717) is 11.4 Å². The molecule has 0 spiro atoms. The van der Waals surface area contributed by atoms with Crippen molar-refractivity contribution in [3.05, 3.63) is 64.2 Å². The van der Waals surface area contributed by atoms with Gasteiger partial charge in [-0.15, -0.1) is 0 Å². The number of nitrogens with one attached hydrogen (secondary N) is 1. The number of para-hydroxylation sites is 3. The van der Waals surface area contributed by atoms with Crippen LogP contribution in [0.3, 0.4) is 0 Å². The highest BCUT2D eigenvalue weighted by Crippen LogP contribution is 2.36. The minimum Gasteiger partial charge on any atom is -0.452 e. The number of carbonyl (C=O) groups is 3. The molecule has 3 rings (SSSR count). The molecule has 0 aromatic heterocycles. The van der Waals surface area contributed by atoms with Crippen LogP contribution >= 0.6 is 0 Å². The van der Waals surface area contributed by atoms with Crippen LogP contribution in [0.15, 0.2) is 48.5 Å². The summed E-state index contributed by atoms with van der Waals surface area (Å²) in [7, 11) is 0. The molecule has 1 heterocycles. The van der Waals surface area contributed by atoms with Crippen LogP contribution in [0.1, 0.15) is 24.2 Å². The maximum absolute atomic E-state index is 12.8. The second-order valence-corrected chi connectivity index (χ2v) is 6.61. The molecule has 2 aromatic carbocycles. The zero-order chi connectivity index (χ0) is 20.5. The smallest absolute Gasteiger partial charge is 0.345 e. The maximum atomic E-state index is 12.8. The Bertz CT molecular complexity index is 985. The van der Waals surface area contributed by atoms with Gasteiger partial charge >= 0.3 is 5.97 Å². The molecule has 0 aliphatic carbocycles. The molecule has 144 valence electrons. The number of amides is 2. The van der Waals surface area contributed by atoms with E-state index in [9.17, 15) is 24.5 Å². The van der Waals surface area contributed by atoms with Crippen molar-refractivity contribution in [2.24, 2.45) is 0 Å². The van der Waals surface area contributed by atoms with Crippen molar-refractivity contribution in [1.82, 2.24) is 0 Å². The van der Waals surface area contributed by atoms with Crippen molar-refractivity contribution in [3.63, 3.8) is 0 Å². The number of carbonyl (C=O) groups excluding carboxylic acids is 3. The molecule has 9 heteroatoms. The van der Waals surface area contributed by atoms with Crippen molar-refractivity contribution in [3.8, 4) is 0 Å². The first kappa shape index (κ1) is 19.0. The average molecular weight is 383 g/mol. The highest BCUT2D eigenvalue weighted by molar-refractivity contribution is 6.14. The van der Waals surface area contributed by atoms with E-state index in [-0.39, 0.29) is 11.5 Å². The van der Waals surface area contributed by atoms with E-state index in [0.717, 1.165) is 0 Å². The van der Waals surface area contributed by atoms with Gasteiger partial charge in [0, 0.05) is 6.07 Å². The van der Waals surface area contributed by atoms with E-state index >= 15 is 0 Å². The third-order valence-corrected chi connectivity index (χ3v) is 4.40. The van der Waals surface area contributed by atoms with Crippen molar-refractivity contribution >= 4 is 34.8 Å². The Morgan fingerprint density at radius 1 is 1.14 bits per heavy atom. The molecule has 9 nitrogen and oxygen atoms in total. The minimum atomic E-state index is -1.21. The molecular formula is C19H17N3O6. The van der Waals surface area contributed by atoms with E-state index in [1.165, 1.54) is 29.2 Å². The van der Waals surface area contributed by atoms with Crippen LogP contribution in [0.25, 0.3) is 0 Å². The maximum Gasteiger partial charge on any atom is 0.345 e. The summed E-state index contributed by atoms with van der Waals surface area (Å²) in [5.41, 5.74) is -0.945. The highest BCUT2D eigenvalue weighted by atomic mass is 16.6. The summed E-state index contributed by atoms with van der Waals surface area (Å²) in [4.78, 5) is 49.1. The summed E-state index contributed by atoms with van der Waals surface area (Å²) < 4.78 is 5.01. The van der Waals surface area contributed by atoms with Crippen molar-refractivity contribution < 1.29 is 24.0 Å². The lowest BCUT2D eigenvalue weighted by atomic mass is 9.96. The number of hydrogen-bond donors (Lipinski definition) is 1. The first-order valence-corrected chi connectivity index (χ1v) is 8.37. The largest absolute Gasteiger partial charge is 0.452 e. The molecule has 0 radical (unpaired) electrons. The molecule has 1 aliphatic rings. The molecule has 28 heavy (non-hydrogen) atoms. The SMILES string of the molecule is CC1(C)C(=O)Nc2ccccc2N1C(=O)COC(=O)c1ccccc1[N+](=O)[O-]. The number of fused-ring (bicyclic) bond motifs is 1. The zero-order valence-electron chi connectivity index (χ0n) is 15.2. The summed E-state index contributed by atoms with van der Waals surface area (Å²) in [6.45, 7) is 2.47. The van der Waals surface area contributed by atoms with Crippen LogP contribution in [0.2, 0.25) is 0 Å². The molecule has 0 saturated heterocycles. The molecule has 0 bridgehead atoms. The molecule has 0 atom stereocenters. The normalized spacial score (nSPS) is 14.6. The highest BCUT2D eigenvalue weighted by Gasteiger charge is 2.43. The molecule has 1 aliphatic heterocycles. The fourth-order valence-electron chi connectivity index (χ4n) is 2.97. The number of nitro benzene ring substituents is 1. The third kappa shape index (κ3) is 3.29. The number of anilines is 2. The first-order valence-electron chi connectivity index (χ1n) is 8.37. The Balaban J connectivity index is 1.82. The van der Waals surface area contributed by atoms with Crippen LogP contribution in [-0.2, 0) is 14.3 Å². The van der Waals surface area contributed by atoms with Gasteiger partial charge < -0.3 is 10.1 Å². The van der Waals surface area contributed by atoms with Gasteiger partial charge in [-0.1, -0.05) is 24.3 Å². The molecule has 2 aromatic rings. The van der Waals surface area contributed by atoms with Crippen LogP contribution < -0.4 is 10.2 Å². The van der Waals surface area contributed by atoms with E-state index < -0.39 is 34.6 Å². The molecule has 0 fully saturated rings. The Labute approximate surface area is 160 Å². The Hall–Kier alpha value is -3.75. The minimum absolute atomic E-state index is 0.253. The van der Waals surface area contributed by atoms with Crippen LogP contribution in [0, 0.1) is 10.1 Å². The second kappa shape index (κ2) is 7.10. The number of rotatable bonds is 4. The fraction of sp³-hybridized carbons (Fsp3) is 0.211. The van der Waals surface area contributed by atoms with Gasteiger partial charge in [0.1, 0.15) is 11.1 Å². The quantitative estimate of drug-likeness (QED) is 0.492. The van der Waals surface area contributed by atoms with Crippen LogP contribution in [-0.4, -0.2) is 34.9 Å². The van der Waals surface area contributed by atoms with Crippen LogP contribution in [0.5, 0.6) is 0 Å². The van der Waals surface area contributed by atoms with Gasteiger partial charge in [0.2, 0.25) is 5.91 Å². The lowest BCUT2D eigenvalue weighted by molar-refractivity contribution is -0.385. The molecular weight excluding hydrogens is 366 g/mol. The van der Waals surface area contributed by atoms with Gasteiger partial charge in [0.05, 0.1) is 16.3 Å². The standard InChI is InChI=1S/C19H17N3O6/c1-19(2)18(25)20-13-8-4-6-10-15(13)21(19)16(23)11-28-17(24)12-7-3-5-9-14(12)22(26)27/h3-10H,11H2,1-2H3,(H,20,25). The Morgan fingerprint density at radius 3 is 2.50 bits per heavy atom. The molecule has 0 unspecified atom stereocenters. The molecule has 2 amide bonds. The van der Waals surface area contributed by atoms with Crippen molar-refractivity contribution in [2.45, 2.75) is 19.4 Å². The lowest BCUT2D eigenvalue weighted by Crippen LogP contribution is -2.59. The van der Waals surface area contributed by atoms with Crippen molar-refractivity contribution in [1.29, 1.82) is 0 Å². The lowest BCUT2D eigenvalue weighted by Gasteiger charge is -2.41. The van der Waals surface area contributed by atoms with Gasteiger partial charge in [-0.25, -0.2) is 4.79 Å². The van der Waals surface area contributed by atoms with Gasteiger partial charge in [0.25, 0.3) is 11.6 Å². The monoisotopic (exact) mass is 383 g/mol. The van der Waals surface area contributed by atoms with E-state index in [4.69, 9.17) is 4.74 Å². The predicted molar refractivity (Wildman–Crippen MR) is 100 cm³/mol. The van der Waals surface area contributed by atoms with E-state index in [1.807, 2.05) is 0 Å². The first-order chi connectivity index (χ1) is 13.2. The number of esters is 1. The van der Waals surface area contributed by atoms with Gasteiger partial charge in [-0.05, 0) is 32.0 Å². The average Bonchev–Trinajstić information content (AvgIpc) is 2.66. The second-order valence-electron chi connectivity index (χ2n) is 6.61. The summed E-state index contributed by atoms with van der Waals surface area (Å²) in [6.07, 6.45) is 0. The topological polar surface area (TPSA) is 119 Å². The summed E-state index contributed by atoms with van der Waals surface area (Å²) in [6, 6.07) is 12.1. The van der Waals surface area contributed by atoms with Gasteiger partial charge in [-0.2, -0.15) is 0 Å². The third-order valence-electron chi connectivity index (χ3n) is 4.40. The number of nitrogens with zero attached hydrogens (tertiary/aromatic N) is 2. The van der Waals surface area contributed by atoms with Crippen molar-refractivity contribution in [2.75, 3.05) is 16.8 Å². The Kier molecular flexibility index (Phi) is 4.83. The van der Waals surface area contributed by atoms with Gasteiger partial charge in [-0.3, -0.25) is 24.6 Å². The summed E-state index contributed by atoms with van der Waals surface area (Å²) in [5, 5.41) is 13.8. The number of hydrogen-bond acceptors (Lipinski definition) is 6. The summed E-state index contributed by atoms with van der Waals surface area (Å²) in [5.74, 6) is -2.00. The number of benzene rings is 2. The number of nitro groups is 1. The molecule has 1 N–H and O–H groups in total. The molecule has 0 saturated carbocycles. The number of ether oxygens (including phenoxy) is 1. The predicted octanol–water partition coefficient (Wildman–Crippen LogP) is 2.52. The summed E-state index contributed by atoms with van der Waals surface area (Å²) >= 11 is 0. The van der Waals surface area contributed by atoms with E-state index in [2.05, 4.69) is 5.32 Å². The Morgan fingerprint density at radius 2 is 1.79 bits per heavy atom.